The van der Waals surface area contributed by atoms with E-state index in [2.05, 4.69) is 16.0 Å². The Balaban J connectivity index is 1.73. The van der Waals surface area contributed by atoms with Crippen LogP contribution in [0.1, 0.15) is 47.1 Å². The number of carbonyl (C=O) groups excluding carboxylic acids is 3. The number of carbonyl (C=O) groups is 3. The number of amidine groups is 1. The molecule has 39 heavy (non-hydrogen) atoms. The van der Waals surface area contributed by atoms with E-state index in [0.717, 1.165) is 24.1 Å². The molecule has 3 aromatic carbocycles. The molecule has 1 unspecified atom stereocenters. The lowest BCUT2D eigenvalue weighted by molar-refractivity contribution is -0.130. The maximum absolute atomic E-state index is 14.1. The van der Waals surface area contributed by atoms with Crippen LogP contribution in [0.3, 0.4) is 0 Å². The fourth-order valence-corrected chi connectivity index (χ4v) is 4.92. The highest BCUT2D eigenvalue weighted by Crippen LogP contribution is 2.29. The molecule has 9 heteroatoms. The number of amides is 2. The third-order valence-corrected chi connectivity index (χ3v) is 6.92. The standard InChI is InChI=1S/C30H33N5O4/c1-39-30(38)35-26(24(19-9-4-2-5-10-19)20-11-6-3-7-12-20)29(37)34-25(27(36)23-13-8-18-33-23)21-14-16-22(17-15-21)28(31)32/h2-7,9-12,14-17,23-26,33H,8,13,18H2,1H3,(H3,31,32)(H,34,37)(H,35,38)/t23-,25?,26+/m0/s1. The average molecular weight is 528 g/mol. The first kappa shape index (κ1) is 27.5. The van der Waals surface area contributed by atoms with Gasteiger partial charge >= 0.3 is 6.09 Å². The Morgan fingerprint density at radius 3 is 1.97 bits per heavy atom. The van der Waals surface area contributed by atoms with Crippen molar-refractivity contribution >= 4 is 23.6 Å². The summed E-state index contributed by atoms with van der Waals surface area (Å²) in [5, 5.41) is 16.5. The predicted octanol–water partition coefficient (Wildman–Crippen LogP) is 3.01. The summed E-state index contributed by atoms with van der Waals surface area (Å²) in [7, 11) is 1.24. The monoisotopic (exact) mass is 527 g/mol. The first-order valence-corrected chi connectivity index (χ1v) is 12.8. The number of nitrogens with one attached hydrogen (secondary N) is 4. The number of alkyl carbamates (subject to hydrolysis) is 1. The van der Waals surface area contributed by atoms with Crippen LogP contribution in [-0.4, -0.2) is 49.4 Å². The van der Waals surface area contributed by atoms with Crippen LogP contribution in [-0.2, 0) is 14.3 Å². The highest BCUT2D eigenvalue weighted by molar-refractivity contribution is 5.97. The molecule has 0 aromatic heterocycles. The van der Waals surface area contributed by atoms with Crippen molar-refractivity contribution in [3.8, 4) is 0 Å². The zero-order chi connectivity index (χ0) is 27.8. The highest BCUT2D eigenvalue weighted by Gasteiger charge is 2.37. The minimum Gasteiger partial charge on any atom is -0.453 e. The van der Waals surface area contributed by atoms with Crippen molar-refractivity contribution in [2.45, 2.75) is 36.9 Å². The smallest absolute Gasteiger partial charge is 0.407 e. The van der Waals surface area contributed by atoms with E-state index in [4.69, 9.17) is 15.9 Å². The number of rotatable bonds is 10. The summed E-state index contributed by atoms with van der Waals surface area (Å²) in [4.78, 5) is 40.2. The SMILES string of the molecule is COC(=O)N[C@@H](C(=O)NC(C(=O)[C@@H]1CCCN1)c1ccc(C(=N)N)cc1)C(c1ccccc1)c1ccccc1. The Hall–Kier alpha value is -4.50. The summed E-state index contributed by atoms with van der Waals surface area (Å²) < 4.78 is 4.87. The Morgan fingerprint density at radius 2 is 1.49 bits per heavy atom. The molecule has 202 valence electrons. The maximum atomic E-state index is 14.1. The van der Waals surface area contributed by atoms with Gasteiger partial charge in [0, 0.05) is 11.5 Å². The second kappa shape index (κ2) is 12.8. The maximum Gasteiger partial charge on any atom is 0.407 e. The first-order chi connectivity index (χ1) is 18.9. The summed E-state index contributed by atoms with van der Waals surface area (Å²) in [6.07, 6.45) is 0.756. The van der Waals surface area contributed by atoms with Crippen molar-refractivity contribution in [1.82, 2.24) is 16.0 Å². The number of benzene rings is 3. The van der Waals surface area contributed by atoms with E-state index in [1.807, 2.05) is 60.7 Å². The van der Waals surface area contributed by atoms with Gasteiger partial charge in [0.15, 0.2) is 5.78 Å². The Labute approximate surface area is 227 Å². The van der Waals surface area contributed by atoms with Crippen LogP contribution in [0.4, 0.5) is 4.79 Å². The van der Waals surface area contributed by atoms with Crippen molar-refractivity contribution in [2.75, 3.05) is 13.7 Å². The Bertz CT molecular complexity index is 1250. The molecule has 0 saturated carbocycles. The van der Waals surface area contributed by atoms with Gasteiger partial charge in [0.1, 0.15) is 17.9 Å². The normalized spacial score (nSPS) is 16.2. The van der Waals surface area contributed by atoms with E-state index in [9.17, 15) is 14.4 Å². The van der Waals surface area contributed by atoms with Gasteiger partial charge in [-0.1, -0.05) is 84.9 Å². The second-order valence-corrected chi connectivity index (χ2v) is 9.44. The average Bonchev–Trinajstić information content (AvgIpc) is 3.51. The molecular formula is C30H33N5O4. The molecule has 1 fully saturated rings. The Kier molecular flexibility index (Phi) is 9.06. The molecule has 1 aliphatic rings. The van der Waals surface area contributed by atoms with Crippen molar-refractivity contribution in [2.24, 2.45) is 5.73 Å². The fourth-order valence-electron chi connectivity index (χ4n) is 4.92. The molecule has 1 aliphatic heterocycles. The van der Waals surface area contributed by atoms with Gasteiger partial charge < -0.3 is 26.4 Å². The zero-order valence-corrected chi connectivity index (χ0v) is 21.7. The summed E-state index contributed by atoms with van der Waals surface area (Å²) in [6, 6.07) is 23.0. The largest absolute Gasteiger partial charge is 0.453 e. The van der Waals surface area contributed by atoms with Crippen LogP contribution in [0, 0.1) is 5.41 Å². The van der Waals surface area contributed by atoms with Gasteiger partial charge in [-0.15, -0.1) is 0 Å². The van der Waals surface area contributed by atoms with Gasteiger partial charge in [-0.05, 0) is 36.1 Å². The van der Waals surface area contributed by atoms with E-state index in [1.54, 1.807) is 24.3 Å². The number of hydrogen-bond donors (Lipinski definition) is 5. The van der Waals surface area contributed by atoms with Gasteiger partial charge in [0.25, 0.3) is 0 Å². The van der Waals surface area contributed by atoms with E-state index in [0.29, 0.717) is 17.5 Å². The topological polar surface area (TPSA) is 146 Å². The molecule has 2 amide bonds. The van der Waals surface area contributed by atoms with Crippen molar-refractivity contribution < 1.29 is 19.1 Å². The van der Waals surface area contributed by atoms with Crippen LogP contribution in [0.5, 0.6) is 0 Å². The molecule has 3 atom stereocenters. The summed E-state index contributed by atoms with van der Waals surface area (Å²) >= 11 is 0. The van der Waals surface area contributed by atoms with Gasteiger partial charge in [-0.3, -0.25) is 15.0 Å². The molecule has 1 saturated heterocycles. The number of hydrogen-bond acceptors (Lipinski definition) is 6. The number of nitrogens with two attached hydrogens (primary N) is 1. The van der Waals surface area contributed by atoms with Gasteiger partial charge in [-0.25, -0.2) is 4.79 Å². The minimum absolute atomic E-state index is 0.0955. The summed E-state index contributed by atoms with van der Waals surface area (Å²) in [5.74, 6) is -1.37. The fraction of sp³-hybridized carbons (Fsp3) is 0.267. The van der Waals surface area contributed by atoms with Crippen LogP contribution >= 0.6 is 0 Å². The molecule has 0 aliphatic carbocycles. The summed E-state index contributed by atoms with van der Waals surface area (Å²) in [6.45, 7) is 0.719. The number of methoxy groups -OCH3 is 1. The van der Waals surface area contributed by atoms with Crippen LogP contribution in [0.25, 0.3) is 0 Å². The molecule has 1 heterocycles. The molecule has 9 nitrogen and oxygen atoms in total. The van der Waals surface area contributed by atoms with Crippen molar-refractivity contribution in [3.63, 3.8) is 0 Å². The Morgan fingerprint density at radius 1 is 0.897 bits per heavy atom. The van der Waals surface area contributed by atoms with E-state index < -0.39 is 36.0 Å². The van der Waals surface area contributed by atoms with Gasteiger partial charge in [0.05, 0.1) is 13.2 Å². The highest BCUT2D eigenvalue weighted by atomic mass is 16.5. The third kappa shape index (κ3) is 6.69. The van der Waals surface area contributed by atoms with Crippen LogP contribution in [0.15, 0.2) is 84.9 Å². The van der Waals surface area contributed by atoms with E-state index in [1.165, 1.54) is 7.11 Å². The number of nitrogen functional groups attached to an aromatic ring is 1. The van der Waals surface area contributed by atoms with Gasteiger partial charge in [-0.2, -0.15) is 0 Å². The molecule has 0 radical (unpaired) electrons. The summed E-state index contributed by atoms with van der Waals surface area (Å²) in [5.41, 5.74) is 8.29. The molecule has 4 rings (SSSR count). The number of ketones is 1. The number of Topliss-reactive ketones (excluding diaryl/α,β-unsaturated/α-hetero) is 1. The van der Waals surface area contributed by atoms with E-state index in [-0.39, 0.29) is 11.6 Å². The van der Waals surface area contributed by atoms with E-state index >= 15 is 0 Å². The quantitative estimate of drug-likeness (QED) is 0.202. The molecule has 3 aromatic rings. The minimum atomic E-state index is -1.09. The molecular weight excluding hydrogens is 494 g/mol. The molecule has 6 N–H and O–H groups in total. The molecule has 0 spiro atoms. The van der Waals surface area contributed by atoms with Crippen molar-refractivity contribution in [1.29, 1.82) is 5.41 Å². The molecule has 0 bridgehead atoms. The predicted molar refractivity (Wildman–Crippen MR) is 148 cm³/mol. The zero-order valence-electron chi connectivity index (χ0n) is 21.7. The lowest BCUT2D eigenvalue weighted by atomic mass is 9.84. The lowest BCUT2D eigenvalue weighted by Crippen LogP contribution is -2.53. The second-order valence-electron chi connectivity index (χ2n) is 9.44. The van der Waals surface area contributed by atoms with Crippen molar-refractivity contribution in [3.05, 3.63) is 107 Å². The number of ether oxygens (including phenoxy) is 1. The van der Waals surface area contributed by atoms with Gasteiger partial charge in [0.2, 0.25) is 5.91 Å². The van der Waals surface area contributed by atoms with Crippen LogP contribution < -0.4 is 21.7 Å². The van der Waals surface area contributed by atoms with Crippen LogP contribution in [0.2, 0.25) is 0 Å². The third-order valence-electron chi connectivity index (χ3n) is 6.92. The first-order valence-electron chi connectivity index (χ1n) is 12.8. The lowest BCUT2D eigenvalue weighted by Gasteiger charge is -2.30.